The molecule has 1 saturated carbocycles. The van der Waals surface area contributed by atoms with Crippen molar-refractivity contribution in [3.05, 3.63) is 66.8 Å². The van der Waals surface area contributed by atoms with E-state index < -0.39 is 6.09 Å². The van der Waals surface area contributed by atoms with Crippen LogP contribution < -0.4 is 5.32 Å². The Morgan fingerprint density at radius 2 is 2.00 bits per heavy atom. The van der Waals surface area contributed by atoms with E-state index in [0.717, 1.165) is 29.1 Å². The van der Waals surface area contributed by atoms with Crippen LogP contribution in [0.5, 0.6) is 0 Å². The van der Waals surface area contributed by atoms with Crippen molar-refractivity contribution in [3.8, 4) is 0 Å². The molecule has 6 nitrogen and oxygen atoms in total. The third-order valence-corrected chi connectivity index (χ3v) is 6.36. The van der Waals surface area contributed by atoms with E-state index in [1.54, 1.807) is 12.4 Å². The zero-order valence-corrected chi connectivity index (χ0v) is 23.1. The number of para-hydroxylation sites is 2. The van der Waals surface area contributed by atoms with Crippen molar-refractivity contribution in [1.29, 1.82) is 0 Å². The van der Waals surface area contributed by atoms with Gasteiger partial charge in [0.1, 0.15) is 12.4 Å². The first-order valence-corrected chi connectivity index (χ1v) is 13.7. The zero-order chi connectivity index (χ0) is 27.0. The van der Waals surface area contributed by atoms with Crippen LogP contribution in [-0.4, -0.2) is 52.8 Å². The van der Waals surface area contributed by atoms with Gasteiger partial charge in [0.25, 0.3) is 0 Å². The molecule has 7 heteroatoms. The molecule has 0 saturated heterocycles. The monoisotopic (exact) mass is 512 g/mol. The highest BCUT2D eigenvalue weighted by molar-refractivity contribution is 5.74. The standard InChI is InChI=1S/C22H27FN4O2.C6H12.C2H6/c1-17-9-11-26(10-5-6-19(23)14-17)15-18(2)25-22(28)29-13-12-27-16-24-20-7-3-4-8-21(20)27;1-6-4-2-3-5-6;1-2/h3-8,14,16,18H,1,9-13,15H2,2H3,(H,25,28);6H,2-5H2,1H3;1-2H3/b6-5-,19-14+;;. The van der Waals surface area contributed by atoms with Crippen LogP contribution >= 0.6 is 0 Å². The van der Waals surface area contributed by atoms with Crippen LogP contribution in [0.1, 0.15) is 59.8 Å². The average molecular weight is 513 g/mol. The highest BCUT2D eigenvalue weighted by Gasteiger charge is 2.14. The van der Waals surface area contributed by atoms with Gasteiger partial charge in [-0.05, 0) is 43.5 Å². The molecule has 1 aromatic heterocycles. The lowest BCUT2D eigenvalue weighted by atomic mass is 10.2. The lowest BCUT2D eigenvalue weighted by molar-refractivity contribution is 0.136. The summed E-state index contributed by atoms with van der Waals surface area (Å²) >= 11 is 0. The van der Waals surface area contributed by atoms with Crippen LogP contribution in [0.2, 0.25) is 0 Å². The highest BCUT2D eigenvalue weighted by atomic mass is 19.1. The van der Waals surface area contributed by atoms with Gasteiger partial charge in [-0.2, -0.15) is 0 Å². The number of aromatic nitrogens is 2. The van der Waals surface area contributed by atoms with Crippen LogP contribution in [0.4, 0.5) is 9.18 Å². The molecular weight excluding hydrogens is 467 g/mol. The summed E-state index contributed by atoms with van der Waals surface area (Å²) in [6, 6.07) is 7.73. The van der Waals surface area contributed by atoms with E-state index in [-0.39, 0.29) is 18.5 Å². The summed E-state index contributed by atoms with van der Waals surface area (Å²) in [5.41, 5.74) is 2.69. The molecule has 4 rings (SSSR count). The molecule has 1 unspecified atom stereocenters. The minimum Gasteiger partial charge on any atom is -0.448 e. The maximum atomic E-state index is 13.5. The Hall–Kier alpha value is -2.93. The highest BCUT2D eigenvalue weighted by Crippen LogP contribution is 2.23. The first kappa shape index (κ1) is 30.3. The number of fused-ring (bicyclic) bond motifs is 1. The number of nitrogens with zero attached hydrogens (tertiary/aromatic N) is 3. The van der Waals surface area contributed by atoms with Gasteiger partial charge >= 0.3 is 6.09 Å². The molecule has 1 aliphatic carbocycles. The lowest BCUT2D eigenvalue weighted by Crippen LogP contribution is -2.42. The molecule has 204 valence electrons. The Balaban J connectivity index is 0.000000519. The number of allylic oxidation sites excluding steroid dienone is 3. The first-order chi connectivity index (χ1) is 17.9. The first-order valence-electron chi connectivity index (χ1n) is 13.7. The summed E-state index contributed by atoms with van der Waals surface area (Å²) in [5, 5.41) is 2.85. The number of halogens is 1. The van der Waals surface area contributed by atoms with Gasteiger partial charge < -0.3 is 14.6 Å². The van der Waals surface area contributed by atoms with Gasteiger partial charge in [0.2, 0.25) is 0 Å². The third-order valence-electron chi connectivity index (χ3n) is 6.36. The maximum Gasteiger partial charge on any atom is 0.407 e. The normalized spacial score (nSPS) is 19.6. The van der Waals surface area contributed by atoms with Crippen LogP contribution in [0, 0.1) is 5.92 Å². The summed E-state index contributed by atoms with van der Waals surface area (Å²) in [4.78, 5) is 18.6. The molecule has 0 spiro atoms. The van der Waals surface area contributed by atoms with E-state index in [9.17, 15) is 9.18 Å². The van der Waals surface area contributed by atoms with Gasteiger partial charge in [0.05, 0.1) is 23.9 Å². The van der Waals surface area contributed by atoms with Crippen molar-refractivity contribution in [2.75, 3.05) is 26.2 Å². The number of benzene rings is 1. The van der Waals surface area contributed by atoms with Crippen molar-refractivity contribution in [2.24, 2.45) is 5.92 Å². The van der Waals surface area contributed by atoms with E-state index in [0.29, 0.717) is 26.1 Å². The number of alkyl carbamates (subject to hydrolysis) is 1. The van der Waals surface area contributed by atoms with Crippen molar-refractivity contribution >= 4 is 17.1 Å². The minimum absolute atomic E-state index is 0.100. The molecule has 0 bridgehead atoms. The molecule has 2 heterocycles. The number of ether oxygens (including phenoxy) is 1. The van der Waals surface area contributed by atoms with Gasteiger partial charge in [-0.3, -0.25) is 4.90 Å². The fourth-order valence-electron chi connectivity index (χ4n) is 4.42. The van der Waals surface area contributed by atoms with E-state index in [2.05, 4.69) is 28.7 Å². The van der Waals surface area contributed by atoms with Gasteiger partial charge in [-0.1, -0.05) is 76.8 Å². The number of amides is 1. The molecule has 1 aromatic carbocycles. The summed E-state index contributed by atoms with van der Waals surface area (Å²) in [7, 11) is 0. The largest absolute Gasteiger partial charge is 0.448 e. The Bertz CT molecular complexity index is 1020. The van der Waals surface area contributed by atoms with Gasteiger partial charge in [-0.15, -0.1) is 0 Å². The van der Waals surface area contributed by atoms with Crippen LogP contribution in [-0.2, 0) is 11.3 Å². The smallest absolute Gasteiger partial charge is 0.407 e. The predicted octanol–water partition coefficient (Wildman–Crippen LogP) is 7.05. The van der Waals surface area contributed by atoms with E-state index >= 15 is 0 Å². The molecule has 2 aliphatic rings. The number of carbonyl (C=O) groups excluding carboxylic acids is 1. The molecule has 2 aromatic rings. The van der Waals surface area contributed by atoms with Gasteiger partial charge in [0.15, 0.2) is 0 Å². The second kappa shape index (κ2) is 16.7. The summed E-state index contributed by atoms with van der Waals surface area (Å²) in [5.74, 6) is 0.766. The van der Waals surface area contributed by atoms with Crippen molar-refractivity contribution in [1.82, 2.24) is 19.8 Å². The Kier molecular flexibility index (Phi) is 13.7. The lowest BCUT2D eigenvalue weighted by Gasteiger charge is -2.24. The fraction of sp³-hybridized carbons (Fsp3) is 0.533. The van der Waals surface area contributed by atoms with E-state index in [1.165, 1.54) is 37.8 Å². The molecule has 1 N–H and O–H groups in total. The van der Waals surface area contributed by atoms with Crippen molar-refractivity contribution in [2.45, 2.75) is 72.4 Å². The summed E-state index contributed by atoms with van der Waals surface area (Å²) < 4.78 is 20.8. The average Bonchev–Trinajstić information content (AvgIpc) is 3.54. The number of nitrogens with one attached hydrogen (secondary N) is 1. The summed E-state index contributed by atoms with van der Waals surface area (Å²) in [6.45, 7) is 14.9. The zero-order valence-electron chi connectivity index (χ0n) is 23.1. The number of hydrogen-bond donors (Lipinski definition) is 1. The molecule has 1 atom stereocenters. The molecular formula is C30H45FN4O2. The topological polar surface area (TPSA) is 59.4 Å². The Labute approximate surface area is 222 Å². The SMILES string of the molecule is C=C1/C=C(F)\C=C/CN(CC(C)NC(=O)OCCn2cnc3ccccc32)CC1.CC.CC1CCCC1. The van der Waals surface area contributed by atoms with Gasteiger partial charge in [-0.25, -0.2) is 14.2 Å². The number of hydrogen-bond acceptors (Lipinski definition) is 4. The van der Waals surface area contributed by atoms with Crippen LogP contribution in [0.3, 0.4) is 0 Å². The number of carbonyl (C=O) groups is 1. The van der Waals surface area contributed by atoms with Crippen LogP contribution in [0.25, 0.3) is 11.0 Å². The Morgan fingerprint density at radius 3 is 2.70 bits per heavy atom. The molecule has 1 amide bonds. The van der Waals surface area contributed by atoms with Gasteiger partial charge in [0, 0.05) is 25.7 Å². The predicted molar refractivity (Wildman–Crippen MR) is 151 cm³/mol. The molecule has 1 fully saturated rings. The van der Waals surface area contributed by atoms with Crippen molar-refractivity contribution < 1.29 is 13.9 Å². The number of imidazole rings is 1. The Morgan fingerprint density at radius 1 is 1.27 bits per heavy atom. The van der Waals surface area contributed by atoms with E-state index in [1.807, 2.05) is 49.6 Å². The summed E-state index contributed by atoms with van der Waals surface area (Å²) in [6.07, 6.45) is 12.6. The van der Waals surface area contributed by atoms with Crippen LogP contribution in [0.15, 0.2) is 66.8 Å². The third kappa shape index (κ3) is 11.3. The quantitative estimate of drug-likeness (QED) is 0.451. The second-order valence-electron chi connectivity index (χ2n) is 9.60. The second-order valence-corrected chi connectivity index (χ2v) is 9.60. The minimum atomic E-state index is -0.446. The van der Waals surface area contributed by atoms with Crippen molar-refractivity contribution in [3.63, 3.8) is 0 Å². The fourth-order valence-corrected chi connectivity index (χ4v) is 4.42. The molecule has 1 aliphatic heterocycles. The maximum absolute atomic E-state index is 13.5. The molecule has 0 radical (unpaired) electrons. The number of rotatable bonds is 6. The van der Waals surface area contributed by atoms with E-state index in [4.69, 9.17) is 4.74 Å². The molecule has 37 heavy (non-hydrogen) atoms.